The normalized spacial score (nSPS) is 24.8. The van der Waals surface area contributed by atoms with E-state index in [1.165, 1.54) is 6.07 Å². The molecule has 0 saturated carbocycles. The highest BCUT2D eigenvalue weighted by molar-refractivity contribution is 7.91. The number of nitrogens with two attached hydrogens (primary N) is 1. The molecule has 11 heteroatoms. The quantitative estimate of drug-likeness (QED) is 0.556. The number of sulfone groups is 1. The number of anilines is 2. The fourth-order valence-corrected chi connectivity index (χ4v) is 4.22. The van der Waals surface area contributed by atoms with E-state index in [2.05, 4.69) is 15.3 Å². The summed E-state index contributed by atoms with van der Waals surface area (Å²) in [5, 5.41) is 2.73. The average Bonchev–Trinajstić information content (AvgIpc) is 2.61. The fraction of sp³-hybridized carbons (Fsp3) is 0.600. The van der Waals surface area contributed by atoms with Crippen molar-refractivity contribution in [2.24, 2.45) is 5.84 Å². The lowest BCUT2D eigenvalue weighted by atomic mass is 10.0. The van der Waals surface area contributed by atoms with E-state index in [-0.39, 0.29) is 29.6 Å². The molecule has 0 aromatic carbocycles. The van der Waals surface area contributed by atoms with E-state index in [1.807, 2.05) is 5.43 Å². The van der Waals surface area contributed by atoms with Crippen molar-refractivity contribution in [2.75, 3.05) is 22.2 Å². The van der Waals surface area contributed by atoms with E-state index >= 15 is 0 Å². The molecular formula is C10H14F3N5O2S. The van der Waals surface area contributed by atoms with Crippen LogP contribution in [0.25, 0.3) is 0 Å². The predicted octanol–water partition coefficient (Wildman–Crippen LogP) is 0.770. The van der Waals surface area contributed by atoms with Crippen molar-refractivity contribution >= 4 is 21.5 Å². The fourth-order valence-electron chi connectivity index (χ4n) is 2.13. The van der Waals surface area contributed by atoms with Crippen molar-refractivity contribution in [3.05, 3.63) is 11.9 Å². The van der Waals surface area contributed by atoms with Gasteiger partial charge in [-0.1, -0.05) is 0 Å². The van der Waals surface area contributed by atoms with Gasteiger partial charge in [0.05, 0.1) is 17.0 Å². The number of halogens is 3. The molecule has 0 amide bonds. The first-order chi connectivity index (χ1) is 9.53. The molecular weight excluding hydrogens is 311 g/mol. The summed E-state index contributed by atoms with van der Waals surface area (Å²) in [6.45, 7) is 1.61. The monoisotopic (exact) mass is 325 g/mol. The zero-order valence-corrected chi connectivity index (χ0v) is 11.8. The smallest absolute Gasteiger partial charge is 0.364 e. The maximum atomic E-state index is 12.7. The zero-order valence-electron chi connectivity index (χ0n) is 11.0. The van der Waals surface area contributed by atoms with Crippen LogP contribution in [-0.2, 0) is 16.0 Å². The third-order valence-electron chi connectivity index (χ3n) is 3.06. The van der Waals surface area contributed by atoms with Crippen molar-refractivity contribution in [3.63, 3.8) is 0 Å². The highest BCUT2D eigenvalue weighted by Crippen LogP contribution is 2.31. The van der Waals surface area contributed by atoms with Crippen molar-refractivity contribution in [1.29, 1.82) is 0 Å². The van der Waals surface area contributed by atoms with Crippen LogP contribution in [0, 0.1) is 0 Å². The molecule has 0 aliphatic carbocycles. The van der Waals surface area contributed by atoms with Gasteiger partial charge in [-0.3, -0.25) is 0 Å². The Bertz CT molecular complexity index is 649. The number of aromatic nitrogens is 2. The lowest BCUT2D eigenvalue weighted by Crippen LogP contribution is -2.36. The van der Waals surface area contributed by atoms with Crippen LogP contribution in [0.4, 0.5) is 24.8 Å². The number of rotatable bonds is 3. The molecule has 1 aliphatic heterocycles. The first-order valence-corrected chi connectivity index (χ1v) is 7.77. The van der Waals surface area contributed by atoms with Gasteiger partial charge >= 0.3 is 6.18 Å². The first-order valence-electron chi connectivity index (χ1n) is 5.95. The molecule has 1 unspecified atom stereocenters. The minimum Gasteiger partial charge on any atom is -0.364 e. The summed E-state index contributed by atoms with van der Waals surface area (Å²) in [7, 11) is -3.20. The molecule has 0 spiro atoms. The molecule has 7 nitrogen and oxygen atoms in total. The summed E-state index contributed by atoms with van der Waals surface area (Å²) in [5.74, 6) is 3.19. The molecule has 1 aromatic rings. The first kappa shape index (κ1) is 15.8. The van der Waals surface area contributed by atoms with Crippen LogP contribution in [0.1, 0.15) is 19.2 Å². The summed E-state index contributed by atoms with van der Waals surface area (Å²) >= 11 is 0. The van der Waals surface area contributed by atoms with Crippen LogP contribution >= 0.6 is 0 Å². The molecule has 2 heterocycles. The van der Waals surface area contributed by atoms with E-state index in [9.17, 15) is 21.6 Å². The van der Waals surface area contributed by atoms with Gasteiger partial charge in [0.25, 0.3) is 0 Å². The lowest BCUT2D eigenvalue weighted by Gasteiger charge is -2.25. The van der Waals surface area contributed by atoms with E-state index in [0.29, 0.717) is 0 Å². The third kappa shape index (κ3) is 3.73. The van der Waals surface area contributed by atoms with Gasteiger partial charge in [-0.25, -0.2) is 24.2 Å². The van der Waals surface area contributed by atoms with Gasteiger partial charge in [0.1, 0.15) is 11.6 Å². The number of hydrogen-bond acceptors (Lipinski definition) is 7. The molecule has 2 rings (SSSR count). The van der Waals surface area contributed by atoms with Gasteiger partial charge in [-0.15, -0.1) is 0 Å². The van der Waals surface area contributed by atoms with Gasteiger partial charge in [0.15, 0.2) is 9.84 Å². The number of alkyl halides is 3. The summed E-state index contributed by atoms with van der Waals surface area (Å²) in [5.41, 5.74) is 1.15. The molecule has 21 heavy (non-hydrogen) atoms. The van der Waals surface area contributed by atoms with E-state index < -0.39 is 27.4 Å². The molecule has 1 atom stereocenters. The summed E-state index contributed by atoms with van der Waals surface area (Å²) in [4.78, 5) is 6.59. The largest absolute Gasteiger partial charge is 0.451 e. The van der Waals surface area contributed by atoms with Crippen molar-refractivity contribution < 1.29 is 21.6 Å². The molecule has 0 radical (unpaired) electrons. The summed E-state index contributed by atoms with van der Waals surface area (Å²) in [6, 6.07) is 1.19. The minimum absolute atomic E-state index is 0.0181. The number of nitrogens with one attached hydrogen (secondary N) is 2. The second-order valence-electron chi connectivity index (χ2n) is 5.13. The van der Waals surface area contributed by atoms with Gasteiger partial charge in [-0.05, 0) is 13.3 Å². The number of hydrogen-bond donors (Lipinski definition) is 3. The van der Waals surface area contributed by atoms with Crippen LogP contribution in [0.2, 0.25) is 0 Å². The Morgan fingerprint density at radius 3 is 2.43 bits per heavy atom. The SMILES string of the molecule is CC1(Nc2cc(NN)nc(C(F)(F)F)n2)CCS(=O)(=O)C1. The van der Waals surface area contributed by atoms with Crippen LogP contribution in [0.5, 0.6) is 0 Å². The Balaban J connectivity index is 2.32. The highest BCUT2D eigenvalue weighted by atomic mass is 32.2. The van der Waals surface area contributed by atoms with Crippen LogP contribution in [0.3, 0.4) is 0 Å². The maximum Gasteiger partial charge on any atom is 0.451 e. The van der Waals surface area contributed by atoms with Crippen LogP contribution in [0.15, 0.2) is 6.07 Å². The van der Waals surface area contributed by atoms with Gasteiger partial charge < -0.3 is 10.7 Å². The zero-order chi connectivity index (χ0) is 15.9. The van der Waals surface area contributed by atoms with Gasteiger partial charge in [0.2, 0.25) is 5.82 Å². The topological polar surface area (TPSA) is 110 Å². The predicted molar refractivity (Wildman–Crippen MR) is 70.1 cm³/mol. The molecule has 1 saturated heterocycles. The van der Waals surface area contributed by atoms with Gasteiger partial charge in [-0.2, -0.15) is 13.2 Å². The molecule has 4 N–H and O–H groups in total. The van der Waals surface area contributed by atoms with Crippen molar-refractivity contribution in [3.8, 4) is 0 Å². The lowest BCUT2D eigenvalue weighted by molar-refractivity contribution is -0.144. The number of hydrazine groups is 1. The van der Waals surface area contributed by atoms with E-state index in [4.69, 9.17) is 5.84 Å². The Labute approximate surface area is 119 Å². The second kappa shape index (κ2) is 4.98. The number of nitrogens with zero attached hydrogens (tertiary/aromatic N) is 2. The third-order valence-corrected chi connectivity index (χ3v) is 4.96. The summed E-state index contributed by atoms with van der Waals surface area (Å²) in [6.07, 6.45) is -4.45. The molecule has 118 valence electrons. The Morgan fingerprint density at radius 2 is 1.95 bits per heavy atom. The van der Waals surface area contributed by atoms with Crippen LogP contribution in [-0.4, -0.2) is 35.4 Å². The Morgan fingerprint density at radius 1 is 1.33 bits per heavy atom. The minimum atomic E-state index is -4.73. The average molecular weight is 325 g/mol. The number of nitrogen functional groups attached to an aromatic ring is 1. The van der Waals surface area contributed by atoms with Crippen molar-refractivity contribution in [1.82, 2.24) is 9.97 Å². The molecule has 0 bridgehead atoms. The van der Waals surface area contributed by atoms with E-state index in [0.717, 1.165) is 0 Å². The molecule has 1 fully saturated rings. The second-order valence-corrected chi connectivity index (χ2v) is 7.32. The standard InChI is InChI=1S/C10H14F3N5O2S/c1-9(2-3-21(19,20)5-9)17-6-4-7(18-14)16-8(15-6)10(11,12)13/h4H,2-3,5,14H2,1H3,(H2,15,16,17,18). The Hall–Kier alpha value is -1.62. The van der Waals surface area contributed by atoms with Crippen molar-refractivity contribution in [2.45, 2.75) is 25.1 Å². The maximum absolute atomic E-state index is 12.7. The highest BCUT2D eigenvalue weighted by Gasteiger charge is 2.40. The van der Waals surface area contributed by atoms with E-state index in [1.54, 1.807) is 6.92 Å². The molecule has 1 aliphatic rings. The Kier molecular flexibility index (Phi) is 3.74. The molecule has 1 aromatic heterocycles. The van der Waals surface area contributed by atoms with Crippen LogP contribution < -0.4 is 16.6 Å². The van der Waals surface area contributed by atoms with Gasteiger partial charge in [0, 0.05) is 6.07 Å². The summed E-state index contributed by atoms with van der Waals surface area (Å²) < 4.78 is 61.1.